The number of nitrogens with zero attached hydrogens (tertiary/aromatic N) is 4. The van der Waals surface area contributed by atoms with Crippen LogP contribution in [0.5, 0.6) is 0 Å². The first-order valence-electron chi connectivity index (χ1n) is 5.38. The molecule has 0 radical (unpaired) electrons. The highest BCUT2D eigenvalue weighted by Gasteiger charge is 2.12. The molecule has 3 heterocycles. The second-order valence-corrected chi connectivity index (χ2v) is 3.83. The zero-order chi connectivity index (χ0) is 12.5. The van der Waals surface area contributed by atoms with E-state index in [1.165, 1.54) is 0 Å². The standard InChI is InChI=1S/C13H9N5/c14-7-11-12-5-4-9(15)8-18(12)13(17-11)10-3-1-2-6-16-10/h1-6,8H,15H2. The Bertz CT molecular complexity index is 752. The van der Waals surface area contributed by atoms with Crippen molar-refractivity contribution in [3.63, 3.8) is 0 Å². The fourth-order valence-corrected chi connectivity index (χ4v) is 1.86. The van der Waals surface area contributed by atoms with Crippen LogP contribution in [0, 0.1) is 11.3 Å². The van der Waals surface area contributed by atoms with E-state index in [1.807, 2.05) is 18.2 Å². The maximum Gasteiger partial charge on any atom is 0.167 e. The number of hydrogen-bond acceptors (Lipinski definition) is 4. The molecule has 86 valence electrons. The number of imidazole rings is 1. The third-order valence-corrected chi connectivity index (χ3v) is 2.66. The summed E-state index contributed by atoms with van der Waals surface area (Å²) in [6.45, 7) is 0. The monoisotopic (exact) mass is 235 g/mol. The van der Waals surface area contributed by atoms with E-state index in [0.717, 1.165) is 5.52 Å². The summed E-state index contributed by atoms with van der Waals surface area (Å²) in [7, 11) is 0. The fraction of sp³-hybridized carbons (Fsp3) is 0. The van der Waals surface area contributed by atoms with Gasteiger partial charge in [0.25, 0.3) is 0 Å². The molecule has 0 aliphatic carbocycles. The van der Waals surface area contributed by atoms with Crippen LogP contribution < -0.4 is 5.73 Å². The van der Waals surface area contributed by atoms with Gasteiger partial charge in [0, 0.05) is 18.1 Å². The molecule has 0 saturated carbocycles. The third-order valence-electron chi connectivity index (χ3n) is 2.66. The molecule has 0 spiro atoms. The third kappa shape index (κ3) is 1.48. The maximum absolute atomic E-state index is 9.09. The van der Waals surface area contributed by atoms with Gasteiger partial charge in [0.1, 0.15) is 11.8 Å². The smallest absolute Gasteiger partial charge is 0.167 e. The van der Waals surface area contributed by atoms with Gasteiger partial charge >= 0.3 is 0 Å². The molecule has 5 nitrogen and oxygen atoms in total. The van der Waals surface area contributed by atoms with E-state index >= 15 is 0 Å². The summed E-state index contributed by atoms with van der Waals surface area (Å²) in [5.41, 5.74) is 8.19. The van der Waals surface area contributed by atoms with Crippen molar-refractivity contribution in [1.29, 1.82) is 5.26 Å². The molecule has 0 fully saturated rings. The van der Waals surface area contributed by atoms with Crippen LogP contribution in [-0.4, -0.2) is 14.4 Å². The van der Waals surface area contributed by atoms with Crippen molar-refractivity contribution in [2.24, 2.45) is 0 Å². The minimum Gasteiger partial charge on any atom is -0.398 e. The Morgan fingerprint density at radius 3 is 2.83 bits per heavy atom. The number of nitrogen functional groups attached to an aromatic ring is 1. The van der Waals surface area contributed by atoms with Crippen LogP contribution in [-0.2, 0) is 0 Å². The molecular weight excluding hydrogens is 226 g/mol. The highest BCUT2D eigenvalue weighted by Crippen LogP contribution is 2.21. The van der Waals surface area contributed by atoms with Gasteiger partial charge in [0.15, 0.2) is 11.5 Å². The number of rotatable bonds is 1. The molecule has 0 saturated heterocycles. The molecule has 0 unspecified atom stereocenters. The SMILES string of the molecule is N#Cc1nc(-c2ccccn2)n2cc(N)ccc12. The van der Waals surface area contributed by atoms with Crippen LogP contribution in [0.1, 0.15) is 5.69 Å². The predicted octanol–water partition coefficient (Wildman–Crippen LogP) is 1.85. The van der Waals surface area contributed by atoms with Gasteiger partial charge in [-0.2, -0.15) is 5.26 Å². The number of nitriles is 1. The second kappa shape index (κ2) is 3.86. The Balaban J connectivity index is 2.37. The number of anilines is 1. The van der Waals surface area contributed by atoms with Crippen LogP contribution in [0.2, 0.25) is 0 Å². The minimum atomic E-state index is 0.371. The average molecular weight is 235 g/mol. The summed E-state index contributed by atoms with van der Waals surface area (Å²) < 4.78 is 1.79. The van der Waals surface area contributed by atoms with Crippen LogP contribution >= 0.6 is 0 Å². The largest absolute Gasteiger partial charge is 0.398 e. The molecule has 3 rings (SSSR count). The Hall–Kier alpha value is -2.87. The highest BCUT2D eigenvalue weighted by atomic mass is 15.0. The van der Waals surface area contributed by atoms with E-state index in [4.69, 9.17) is 11.0 Å². The zero-order valence-electron chi connectivity index (χ0n) is 9.41. The van der Waals surface area contributed by atoms with Crippen molar-refractivity contribution < 1.29 is 0 Å². The lowest BCUT2D eigenvalue weighted by atomic mass is 10.3. The lowest BCUT2D eigenvalue weighted by molar-refractivity contribution is 1.13. The zero-order valence-corrected chi connectivity index (χ0v) is 9.41. The summed E-state index contributed by atoms with van der Waals surface area (Å²) in [5.74, 6) is 0.620. The van der Waals surface area contributed by atoms with Crippen LogP contribution in [0.25, 0.3) is 17.0 Å². The summed E-state index contributed by atoms with van der Waals surface area (Å²) in [5, 5.41) is 9.09. The van der Waals surface area contributed by atoms with E-state index < -0.39 is 0 Å². The van der Waals surface area contributed by atoms with Gasteiger partial charge in [0.05, 0.1) is 5.52 Å². The molecular formula is C13H9N5. The van der Waals surface area contributed by atoms with Gasteiger partial charge in [-0.3, -0.25) is 9.38 Å². The normalized spacial score (nSPS) is 10.4. The van der Waals surface area contributed by atoms with Crippen LogP contribution in [0.3, 0.4) is 0 Å². The first kappa shape index (κ1) is 10.3. The summed E-state index contributed by atoms with van der Waals surface area (Å²) in [6, 6.07) is 11.2. The molecule has 5 heteroatoms. The number of hydrogen-bond donors (Lipinski definition) is 1. The molecule has 3 aromatic rings. The molecule has 0 aliphatic heterocycles. The van der Waals surface area contributed by atoms with E-state index in [2.05, 4.69) is 16.0 Å². The van der Waals surface area contributed by atoms with Crippen molar-refractivity contribution in [2.75, 3.05) is 5.73 Å². The number of fused-ring (bicyclic) bond motifs is 1. The van der Waals surface area contributed by atoms with E-state index in [9.17, 15) is 0 Å². The Kier molecular flexibility index (Phi) is 2.21. The molecule has 2 N–H and O–H groups in total. The molecule has 0 amide bonds. The first-order valence-corrected chi connectivity index (χ1v) is 5.38. The van der Waals surface area contributed by atoms with E-state index in [0.29, 0.717) is 22.9 Å². The molecule has 3 aromatic heterocycles. The second-order valence-electron chi connectivity index (χ2n) is 3.83. The maximum atomic E-state index is 9.09. The van der Waals surface area contributed by atoms with Crippen molar-refractivity contribution in [1.82, 2.24) is 14.4 Å². The first-order chi connectivity index (χ1) is 8.79. The van der Waals surface area contributed by atoms with Crippen LogP contribution in [0.15, 0.2) is 42.7 Å². The van der Waals surface area contributed by atoms with Crippen molar-refractivity contribution >= 4 is 11.2 Å². The van der Waals surface area contributed by atoms with Gasteiger partial charge in [-0.1, -0.05) is 6.07 Å². The predicted molar refractivity (Wildman–Crippen MR) is 67.6 cm³/mol. The average Bonchev–Trinajstić information content (AvgIpc) is 2.77. The van der Waals surface area contributed by atoms with Gasteiger partial charge in [0.2, 0.25) is 0 Å². The molecule has 18 heavy (non-hydrogen) atoms. The lowest BCUT2D eigenvalue weighted by Crippen LogP contribution is -1.93. The molecule has 0 bridgehead atoms. The molecule has 0 aliphatic rings. The highest BCUT2D eigenvalue weighted by molar-refractivity contribution is 5.68. The Labute approximate surface area is 103 Å². The van der Waals surface area contributed by atoms with Crippen molar-refractivity contribution in [3.05, 3.63) is 48.4 Å². The van der Waals surface area contributed by atoms with Gasteiger partial charge in [-0.05, 0) is 24.3 Å². The van der Waals surface area contributed by atoms with Crippen LogP contribution in [0.4, 0.5) is 5.69 Å². The molecule has 0 atom stereocenters. The summed E-state index contributed by atoms with van der Waals surface area (Å²) in [6.07, 6.45) is 3.43. The summed E-state index contributed by atoms with van der Waals surface area (Å²) >= 11 is 0. The summed E-state index contributed by atoms with van der Waals surface area (Å²) in [4.78, 5) is 8.55. The molecule has 0 aromatic carbocycles. The number of nitrogens with two attached hydrogens (primary N) is 1. The van der Waals surface area contributed by atoms with Gasteiger partial charge < -0.3 is 5.73 Å². The quantitative estimate of drug-likeness (QED) is 0.698. The lowest BCUT2D eigenvalue weighted by Gasteiger charge is -2.01. The topological polar surface area (TPSA) is 80.0 Å². The Morgan fingerprint density at radius 2 is 2.11 bits per heavy atom. The minimum absolute atomic E-state index is 0.371. The number of aromatic nitrogens is 3. The Morgan fingerprint density at radius 1 is 1.22 bits per heavy atom. The van der Waals surface area contributed by atoms with Crippen molar-refractivity contribution in [2.45, 2.75) is 0 Å². The number of pyridine rings is 2. The van der Waals surface area contributed by atoms with Gasteiger partial charge in [-0.25, -0.2) is 4.98 Å². The van der Waals surface area contributed by atoms with Gasteiger partial charge in [-0.15, -0.1) is 0 Å². The fourth-order valence-electron chi connectivity index (χ4n) is 1.86. The van der Waals surface area contributed by atoms with E-state index in [1.54, 1.807) is 28.9 Å². The van der Waals surface area contributed by atoms with Crippen molar-refractivity contribution in [3.8, 4) is 17.6 Å². The van der Waals surface area contributed by atoms with E-state index in [-0.39, 0.29) is 0 Å².